The summed E-state index contributed by atoms with van der Waals surface area (Å²) in [4.78, 5) is 42.4. The van der Waals surface area contributed by atoms with Gasteiger partial charge in [0.15, 0.2) is 0 Å². The monoisotopic (exact) mass is 340 g/mol. The number of thiophene rings is 1. The van der Waals surface area contributed by atoms with Crippen LogP contribution in [0.4, 0.5) is 5.69 Å². The van der Waals surface area contributed by atoms with Gasteiger partial charge in [0.25, 0.3) is 11.8 Å². The van der Waals surface area contributed by atoms with Gasteiger partial charge in [-0.05, 0) is 36.4 Å². The molecule has 122 valence electrons. The molecule has 0 saturated carbocycles. The molecular formula is C18H16N2O3S. The Labute approximate surface area is 143 Å². The van der Waals surface area contributed by atoms with Crippen LogP contribution in [0.25, 0.3) is 0 Å². The number of amides is 3. The molecule has 5 nitrogen and oxygen atoms in total. The molecule has 2 aliphatic heterocycles. The van der Waals surface area contributed by atoms with Gasteiger partial charge in [0, 0.05) is 11.4 Å². The fourth-order valence-electron chi connectivity index (χ4n) is 3.44. The third-order valence-electron chi connectivity index (χ3n) is 4.55. The lowest BCUT2D eigenvalue weighted by molar-refractivity contribution is -0.128. The molecule has 2 aliphatic rings. The minimum atomic E-state index is -0.530. The van der Waals surface area contributed by atoms with Crippen molar-refractivity contribution in [2.24, 2.45) is 0 Å². The van der Waals surface area contributed by atoms with E-state index in [1.807, 2.05) is 17.5 Å². The number of anilines is 1. The van der Waals surface area contributed by atoms with Crippen LogP contribution in [0.2, 0.25) is 0 Å². The molecule has 0 bridgehead atoms. The van der Waals surface area contributed by atoms with E-state index in [4.69, 9.17) is 0 Å². The smallest absolute Gasteiger partial charge is 0.256 e. The van der Waals surface area contributed by atoms with Crippen molar-refractivity contribution >= 4 is 34.7 Å². The third kappa shape index (κ3) is 2.34. The van der Waals surface area contributed by atoms with E-state index in [-0.39, 0.29) is 24.1 Å². The maximum absolute atomic E-state index is 13.0. The van der Waals surface area contributed by atoms with Crippen molar-refractivity contribution in [3.05, 3.63) is 52.2 Å². The summed E-state index contributed by atoms with van der Waals surface area (Å²) in [7, 11) is 0. The van der Waals surface area contributed by atoms with E-state index in [0.29, 0.717) is 24.2 Å². The summed E-state index contributed by atoms with van der Waals surface area (Å²) in [5.41, 5.74) is 0.832. The summed E-state index contributed by atoms with van der Waals surface area (Å²) in [6.07, 6.45) is 1.57. The molecule has 6 heteroatoms. The summed E-state index contributed by atoms with van der Waals surface area (Å²) in [5, 5.41) is 1.91. The lowest BCUT2D eigenvalue weighted by Gasteiger charge is -2.24. The number of fused-ring (bicyclic) bond motifs is 2. The summed E-state index contributed by atoms with van der Waals surface area (Å²) < 4.78 is 0. The van der Waals surface area contributed by atoms with Crippen LogP contribution in [0.1, 0.15) is 28.1 Å². The van der Waals surface area contributed by atoms with Crippen molar-refractivity contribution in [2.45, 2.75) is 25.3 Å². The maximum Gasteiger partial charge on any atom is 0.256 e. The molecule has 0 spiro atoms. The zero-order valence-corrected chi connectivity index (χ0v) is 13.8. The van der Waals surface area contributed by atoms with E-state index in [9.17, 15) is 14.4 Å². The summed E-state index contributed by atoms with van der Waals surface area (Å²) in [5.74, 6) is -0.725. The van der Waals surface area contributed by atoms with E-state index in [0.717, 1.165) is 11.3 Å². The lowest BCUT2D eigenvalue weighted by atomic mass is 10.1. The van der Waals surface area contributed by atoms with E-state index in [1.165, 1.54) is 16.2 Å². The van der Waals surface area contributed by atoms with Gasteiger partial charge in [-0.3, -0.25) is 14.4 Å². The molecule has 1 unspecified atom stereocenters. The maximum atomic E-state index is 13.0. The van der Waals surface area contributed by atoms with E-state index in [2.05, 4.69) is 0 Å². The van der Waals surface area contributed by atoms with E-state index in [1.54, 1.807) is 29.2 Å². The number of rotatable bonds is 2. The third-order valence-corrected chi connectivity index (χ3v) is 5.43. The Hall–Kier alpha value is -2.47. The van der Waals surface area contributed by atoms with Crippen LogP contribution in [-0.4, -0.2) is 35.2 Å². The molecule has 1 saturated heterocycles. The molecule has 0 N–H and O–H groups in total. The predicted molar refractivity (Wildman–Crippen MR) is 91.0 cm³/mol. The highest BCUT2D eigenvalue weighted by molar-refractivity contribution is 7.10. The Morgan fingerprint density at radius 2 is 2.00 bits per heavy atom. The van der Waals surface area contributed by atoms with Gasteiger partial charge in [0.2, 0.25) is 5.91 Å². The Bertz CT molecular complexity index is 815. The summed E-state index contributed by atoms with van der Waals surface area (Å²) in [6, 6.07) is 10.1. The average Bonchev–Trinajstić information content (AvgIpc) is 3.24. The average molecular weight is 340 g/mol. The van der Waals surface area contributed by atoms with Gasteiger partial charge in [-0.25, -0.2) is 4.90 Å². The number of benzene rings is 1. The first kappa shape index (κ1) is 15.1. The van der Waals surface area contributed by atoms with Gasteiger partial charge >= 0.3 is 0 Å². The van der Waals surface area contributed by atoms with Gasteiger partial charge in [-0.15, -0.1) is 11.3 Å². The predicted octanol–water partition coefficient (Wildman–Crippen LogP) is 2.47. The highest BCUT2D eigenvalue weighted by Gasteiger charge is 2.43. The summed E-state index contributed by atoms with van der Waals surface area (Å²) >= 11 is 1.49. The van der Waals surface area contributed by atoms with Crippen molar-refractivity contribution in [3.63, 3.8) is 0 Å². The first-order chi connectivity index (χ1) is 11.7. The quantitative estimate of drug-likeness (QED) is 0.844. The van der Waals surface area contributed by atoms with Crippen LogP contribution in [0.15, 0.2) is 41.8 Å². The molecule has 4 rings (SSSR count). The zero-order chi connectivity index (χ0) is 16.7. The second-order valence-corrected chi connectivity index (χ2v) is 7.03. The number of carbonyl (C=O) groups is 3. The van der Waals surface area contributed by atoms with Crippen LogP contribution < -0.4 is 4.90 Å². The number of para-hydroxylation sites is 1. The van der Waals surface area contributed by atoms with Crippen molar-refractivity contribution in [1.29, 1.82) is 0 Å². The fourth-order valence-corrected chi connectivity index (χ4v) is 4.13. The largest absolute Gasteiger partial charge is 0.327 e. The first-order valence-corrected chi connectivity index (χ1v) is 8.84. The van der Waals surface area contributed by atoms with Gasteiger partial charge in [-0.2, -0.15) is 0 Å². The molecule has 24 heavy (non-hydrogen) atoms. The van der Waals surface area contributed by atoms with Crippen LogP contribution >= 0.6 is 11.3 Å². The molecular weight excluding hydrogens is 324 g/mol. The number of imide groups is 1. The molecule has 1 aromatic heterocycles. The molecule has 3 heterocycles. The van der Waals surface area contributed by atoms with E-state index < -0.39 is 6.04 Å². The second kappa shape index (κ2) is 5.87. The number of hydrogen-bond acceptors (Lipinski definition) is 4. The van der Waals surface area contributed by atoms with Gasteiger partial charge in [0.05, 0.1) is 17.7 Å². The SMILES string of the molecule is O=C(Cc1cccs1)N1C(=O)C2CCCN2C(=O)c2ccccc21. The van der Waals surface area contributed by atoms with E-state index >= 15 is 0 Å². The van der Waals surface area contributed by atoms with Crippen molar-refractivity contribution in [1.82, 2.24) is 4.90 Å². The van der Waals surface area contributed by atoms with Crippen LogP contribution in [0.5, 0.6) is 0 Å². The van der Waals surface area contributed by atoms with Crippen molar-refractivity contribution in [2.75, 3.05) is 11.4 Å². The minimum absolute atomic E-state index is 0.159. The first-order valence-electron chi connectivity index (χ1n) is 7.96. The van der Waals surface area contributed by atoms with Gasteiger partial charge in [0.1, 0.15) is 6.04 Å². The minimum Gasteiger partial charge on any atom is -0.327 e. The van der Waals surface area contributed by atoms with Gasteiger partial charge < -0.3 is 4.90 Å². The fraction of sp³-hybridized carbons (Fsp3) is 0.278. The number of nitrogens with zero attached hydrogens (tertiary/aromatic N) is 2. The number of carbonyl (C=O) groups excluding carboxylic acids is 3. The standard InChI is InChI=1S/C18H16N2O3S/c21-16(11-12-5-4-10-24-12)20-14-7-2-1-6-13(14)17(22)19-9-3-8-15(19)18(20)23/h1-2,4-7,10,15H,3,8-9,11H2. The van der Waals surface area contributed by atoms with Crippen LogP contribution in [-0.2, 0) is 16.0 Å². The Kier molecular flexibility index (Phi) is 3.69. The Morgan fingerprint density at radius 3 is 2.79 bits per heavy atom. The topological polar surface area (TPSA) is 57.7 Å². The Morgan fingerprint density at radius 1 is 1.17 bits per heavy atom. The van der Waals surface area contributed by atoms with Crippen LogP contribution in [0, 0.1) is 0 Å². The zero-order valence-electron chi connectivity index (χ0n) is 13.0. The summed E-state index contributed by atoms with van der Waals surface area (Å²) in [6.45, 7) is 0.566. The molecule has 0 aliphatic carbocycles. The molecule has 2 aromatic rings. The molecule has 1 atom stereocenters. The second-order valence-electron chi connectivity index (χ2n) is 6.00. The normalized spacial score (nSPS) is 19.9. The number of hydrogen-bond donors (Lipinski definition) is 0. The highest BCUT2D eigenvalue weighted by atomic mass is 32.1. The highest BCUT2D eigenvalue weighted by Crippen LogP contribution is 2.32. The Balaban J connectivity index is 1.78. The molecule has 1 aromatic carbocycles. The van der Waals surface area contributed by atoms with Crippen molar-refractivity contribution < 1.29 is 14.4 Å². The van der Waals surface area contributed by atoms with Crippen molar-refractivity contribution in [3.8, 4) is 0 Å². The molecule has 0 radical (unpaired) electrons. The molecule has 3 amide bonds. The lowest BCUT2D eigenvalue weighted by Crippen LogP contribution is -2.47. The molecule has 1 fully saturated rings. The van der Waals surface area contributed by atoms with Crippen LogP contribution in [0.3, 0.4) is 0 Å². The van der Waals surface area contributed by atoms with Gasteiger partial charge in [-0.1, -0.05) is 18.2 Å².